The molecule has 4 heteroatoms. The standard InChI is InChI=1S/C25H22N2O2/c1-29-23-13-7-12-21(17-23)27-25(28)24(19-9-3-2-4-10-19)26-22-15-14-18-8-5-6-11-20(18)16-22/h2-17,24,26H,1H3,(H,27,28). The van der Waals surface area contributed by atoms with Crippen LogP contribution in [0.1, 0.15) is 11.6 Å². The maximum absolute atomic E-state index is 13.2. The molecule has 0 radical (unpaired) electrons. The number of fused-ring (bicyclic) bond motifs is 1. The highest BCUT2D eigenvalue weighted by atomic mass is 16.5. The Hall–Kier alpha value is -3.79. The van der Waals surface area contributed by atoms with Gasteiger partial charge < -0.3 is 15.4 Å². The highest BCUT2D eigenvalue weighted by Crippen LogP contribution is 2.25. The zero-order valence-corrected chi connectivity index (χ0v) is 16.1. The van der Waals surface area contributed by atoms with Crippen molar-refractivity contribution in [1.29, 1.82) is 0 Å². The molecule has 0 aliphatic carbocycles. The molecule has 0 aliphatic heterocycles. The van der Waals surface area contributed by atoms with E-state index in [4.69, 9.17) is 4.74 Å². The SMILES string of the molecule is COc1cccc(NC(=O)C(Nc2ccc3ccccc3c2)c2ccccc2)c1. The summed E-state index contributed by atoms with van der Waals surface area (Å²) in [4.78, 5) is 13.2. The van der Waals surface area contributed by atoms with Crippen molar-refractivity contribution in [1.82, 2.24) is 0 Å². The predicted molar refractivity (Wildman–Crippen MR) is 118 cm³/mol. The summed E-state index contributed by atoms with van der Waals surface area (Å²) in [5, 5.41) is 8.67. The van der Waals surface area contributed by atoms with Crippen molar-refractivity contribution in [2.45, 2.75) is 6.04 Å². The van der Waals surface area contributed by atoms with Crippen molar-refractivity contribution in [3.63, 3.8) is 0 Å². The van der Waals surface area contributed by atoms with Gasteiger partial charge in [-0.25, -0.2) is 0 Å². The van der Waals surface area contributed by atoms with Gasteiger partial charge in [-0.2, -0.15) is 0 Å². The molecule has 4 nitrogen and oxygen atoms in total. The van der Waals surface area contributed by atoms with Crippen molar-refractivity contribution in [2.24, 2.45) is 0 Å². The molecular formula is C25H22N2O2. The summed E-state index contributed by atoms with van der Waals surface area (Å²) in [5.41, 5.74) is 2.47. The Morgan fingerprint density at radius 2 is 1.52 bits per heavy atom. The molecule has 0 saturated carbocycles. The smallest absolute Gasteiger partial charge is 0.251 e. The van der Waals surface area contributed by atoms with Gasteiger partial charge in [0, 0.05) is 17.4 Å². The molecule has 0 bridgehead atoms. The van der Waals surface area contributed by atoms with Crippen molar-refractivity contribution in [2.75, 3.05) is 17.7 Å². The summed E-state index contributed by atoms with van der Waals surface area (Å²) in [7, 11) is 1.61. The van der Waals surface area contributed by atoms with Crippen molar-refractivity contribution < 1.29 is 9.53 Å². The number of hydrogen-bond donors (Lipinski definition) is 2. The first kappa shape index (κ1) is 18.6. The van der Waals surface area contributed by atoms with E-state index in [0.717, 1.165) is 22.0 Å². The molecule has 0 aliphatic rings. The van der Waals surface area contributed by atoms with Gasteiger partial charge in [0.05, 0.1) is 7.11 Å². The van der Waals surface area contributed by atoms with Gasteiger partial charge in [-0.05, 0) is 40.6 Å². The molecule has 0 heterocycles. The second-order valence-electron chi connectivity index (χ2n) is 6.77. The number of carbonyl (C=O) groups is 1. The largest absolute Gasteiger partial charge is 0.497 e. The van der Waals surface area contributed by atoms with Gasteiger partial charge in [-0.3, -0.25) is 4.79 Å². The summed E-state index contributed by atoms with van der Waals surface area (Å²) in [6.45, 7) is 0. The number of amides is 1. The third-order valence-corrected chi connectivity index (χ3v) is 4.79. The van der Waals surface area contributed by atoms with E-state index < -0.39 is 6.04 Å². The number of rotatable bonds is 6. The Morgan fingerprint density at radius 3 is 2.31 bits per heavy atom. The summed E-state index contributed by atoms with van der Waals surface area (Å²) in [6, 6.07) is 30.8. The van der Waals surface area contributed by atoms with Crippen LogP contribution in [0.4, 0.5) is 11.4 Å². The molecule has 1 atom stereocenters. The Morgan fingerprint density at radius 1 is 0.759 bits per heavy atom. The second kappa shape index (κ2) is 8.48. The maximum atomic E-state index is 13.2. The molecule has 0 fully saturated rings. The molecule has 0 aromatic heterocycles. The van der Waals surface area contributed by atoms with Crippen LogP contribution in [0.3, 0.4) is 0 Å². The van der Waals surface area contributed by atoms with E-state index >= 15 is 0 Å². The van der Waals surface area contributed by atoms with E-state index in [-0.39, 0.29) is 5.91 Å². The van der Waals surface area contributed by atoms with Gasteiger partial charge in [0.15, 0.2) is 0 Å². The fourth-order valence-corrected chi connectivity index (χ4v) is 3.31. The quantitative estimate of drug-likeness (QED) is 0.454. The molecular weight excluding hydrogens is 360 g/mol. The summed E-state index contributed by atoms with van der Waals surface area (Å²) in [6.07, 6.45) is 0. The van der Waals surface area contributed by atoms with E-state index in [1.165, 1.54) is 0 Å². The number of methoxy groups -OCH3 is 1. The van der Waals surface area contributed by atoms with Crippen molar-refractivity contribution in [3.8, 4) is 5.75 Å². The second-order valence-corrected chi connectivity index (χ2v) is 6.77. The number of carbonyl (C=O) groups excluding carboxylic acids is 1. The minimum atomic E-state index is -0.538. The molecule has 0 saturated heterocycles. The number of anilines is 2. The topological polar surface area (TPSA) is 50.4 Å². The van der Waals surface area contributed by atoms with Crippen LogP contribution in [0.5, 0.6) is 5.75 Å². The van der Waals surface area contributed by atoms with Gasteiger partial charge >= 0.3 is 0 Å². The molecule has 0 spiro atoms. The minimum absolute atomic E-state index is 0.141. The zero-order chi connectivity index (χ0) is 20.1. The Balaban J connectivity index is 1.62. The van der Waals surface area contributed by atoms with Crippen LogP contribution in [-0.2, 0) is 4.79 Å². The summed E-state index contributed by atoms with van der Waals surface area (Å²) < 4.78 is 5.25. The van der Waals surface area contributed by atoms with Gasteiger partial charge in [0.2, 0.25) is 0 Å². The van der Waals surface area contributed by atoms with Crippen LogP contribution in [0, 0.1) is 0 Å². The van der Waals surface area contributed by atoms with Crippen LogP contribution >= 0.6 is 0 Å². The third-order valence-electron chi connectivity index (χ3n) is 4.79. The lowest BCUT2D eigenvalue weighted by Gasteiger charge is -2.20. The lowest BCUT2D eigenvalue weighted by Crippen LogP contribution is -2.27. The first-order chi connectivity index (χ1) is 14.2. The molecule has 2 N–H and O–H groups in total. The number of ether oxygens (including phenoxy) is 1. The molecule has 4 aromatic carbocycles. The number of benzene rings is 4. The van der Waals surface area contributed by atoms with Crippen molar-refractivity contribution in [3.05, 3.63) is 103 Å². The molecule has 4 rings (SSSR count). The van der Waals surface area contributed by atoms with Gasteiger partial charge in [0.1, 0.15) is 11.8 Å². The molecule has 4 aromatic rings. The fraction of sp³-hybridized carbons (Fsp3) is 0.0800. The number of nitrogens with one attached hydrogen (secondary N) is 2. The first-order valence-electron chi connectivity index (χ1n) is 9.48. The van der Waals surface area contributed by atoms with Gasteiger partial charge in [0.25, 0.3) is 5.91 Å². The van der Waals surface area contributed by atoms with E-state index in [9.17, 15) is 4.79 Å². The molecule has 29 heavy (non-hydrogen) atoms. The Labute approximate surface area is 170 Å². The molecule has 144 valence electrons. The maximum Gasteiger partial charge on any atom is 0.251 e. The zero-order valence-electron chi connectivity index (χ0n) is 16.1. The highest BCUT2D eigenvalue weighted by Gasteiger charge is 2.21. The minimum Gasteiger partial charge on any atom is -0.497 e. The van der Waals surface area contributed by atoms with Crippen LogP contribution in [-0.4, -0.2) is 13.0 Å². The molecule has 1 unspecified atom stereocenters. The normalized spacial score (nSPS) is 11.6. The average molecular weight is 382 g/mol. The monoisotopic (exact) mass is 382 g/mol. The van der Waals surface area contributed by atoms with Gasteiger partial charge in [-0.15, -0.1) is 0 Å². The Kier molecular flexibility index (Phi) is 5.43. The van der Waals surface area contributed by atoms with Crippen LogP contribution in [0.25, 0.3) is 10.8 Å². The van der Waals surface area contributed by atoms with Crippen LogP contribution in [0.2, 0.25) is 0 Å². The number of hydrogen-bond acceptors (Lipinski definition) is 3. The van der Waals surface area contributed by atoms with E-state index in [2.05, 4.69) is 34.9 Å². The van der Waals surface area contributed by atoms with Crippen LogP contribution < -0.4 is 15.4 Å². The third kappa shape index (κ3) is 4.38. The van der Waals surface area contributed by atoms with Crippen molar-refractivity contribution >= 4 is 28.1 Å². The highest BCUT2D eigenvalue weighted by molar-refractivity contribution is 5.98. The van der Waals surface area contributed by atoms with Gasteiger partial charge in [-0.1, -0.05) is 66.7 Å². The average Bonchev–Trinajstić information content (AvgIpc) is 2.78. The lowest BCUT2D eigenvalue weighted by molar-refractivity contribution is -0.117. The Bertz CT molecular complexity index is 1130. The van der Waals surface area contributed by atoms with E-state index in [0.29, 0.717) is 11.4 Å². The molecule has 1 amide bonds. The summed E-state index contributed by atoms with van der Waals surface area (Å²) >= 11 is 0. The van der Waals surface area contributed by atoms with Crippen LogP contribution in [0.15, 0.2) is 97.1 Å². The fourth-order valence-electron chi connectivity index (χ4n) is 3.31. The predicted octanol–water partition coefficient (Wildman–Crippen LogP) is 5.64. The van der Waals surface area contributed by atoms with E-state index in [1.807, 2.05) is 66.7 Å². The first-order valence-corrected chi connectivity index (χ1v) is 9.48. The lowest BCUT2D eigenvalue weighted by atomic mass is 10.0. The summed E-state index contributed by atoms with van der Waals surface area (Å²) in [5.74, 6) is 0.555. The van der Waals surface area contributed by atoms with E-state index in [1.54, 1.807) is 13.2 Å².